The molecule has 1 fully saturated rings. The Bertz CT molecular complexity index is 1140. The lowest BCUT2D eigenvalue weighted by molar-refractivity contribution is -0.113. The van der Waals surface area contributed by atoms with Gasteiger partial charge >= 0.3 is 0 Å². The number of methoxy groups -OCH3 is 1. The van der Waals surface area contributed by atoms with Gasteiger partial charge in [0.15, 0.2) is 5.16 Å². The zero-order valence-corrected chi connectivity index (χ0v) is 20.2. The van der Waals surface area contributed by atoms with E-state index in [-0.39, 0.29) is 23.6 Å². The van der Waals surface area contributed by atoms with Crippen LogP contribution in [0.5, 0.6) is 5.75 Å². The molecule has 3 aromatic rings. The minimum atomic E-state index is -0.156. The van der Waals surface area contributed by atoms with E-state index in [1.54, 1.807) is 25.6 Å². The first-order valence-corrected chi connectivity index (χ1v) is 12.4. The van der Waals surface area contributed by atoms with Gasteiger partial charge in [-0.05, 0) is 67.8 Å². The van der Waals surface area contributed by atoms with Crippen LogP contribution in [-0.2, 0) is 4.79 Å². The molecule has 34 heavy (non-hydrogen) atoms. The third-order valence-electron chi connectivity index (χ3n) is 5.90. The van der Waals surface area contributed by atoms with Crippen LogP contribution in [0.3, 0.4) is 0 Å². The largest absolute Gasteiger partial charge is 0.497 e. The summed E-state index contributed by atoms with van der Waals surface area (Å²) in [6, 6.07) is 13.2. The predicted molar refractivity (Wildman–Crippen MR) is 133 cm³/mol. The summed E-state index contributed by atoms with van der Waals surface area (Å²) >= 11 is 1.30. The van der Waals surface area contributed by atoms with E-state index in [0.717, 1.165) is 29.8 Å². The molecule has 8 nitrogen and oxygen atoms in total. The van der Waals surface area contributed by atoms with Crippen molar-refractivity contribution in [2.24, 2.45) is 0 Å². The van der Waals surface area contributed by atoms with E-state index in [9.17, 15) is 9.59 Å². The molecule has 0 radical (unpaired) electrons. The molecule has 0 bridgehead atoms. The number of benzene rings is 2. The smallest absolute Gasteiger partial charge is 0.251 e. The molecule has 2 aromatic carbocycles. The Labute approximate surface area is 203 Å². The first-order chi connectivity index (χ1) is 16.5. The summed E-state index contributed by atoms with van der Waals surface area (Å²) in [5.74, 6) is 0.731. The molecule has 4 rings (SSSR count). The molecule has 1 aliphatic carbocycles. The SMILES string of the molecule is COc1ccc(-n2cnnc2SCC(=O)Nc2ccc(C(=O)NC3CCCCC3)cc2C)cc1. The van der Waals surface area contributed by atoms with Crippen molar-refractivity contribution in [2.45, 2.75) is 50.2 Å². The lowest BCUT2D eigenvalue weighted by Gasteiger charge is -2.23. The number of nitrogens with one attached hydrogen (secondary N) is 2. The standard InChI is InChI=1S/C25H29N5O3S/c1-17-14-18(24(32)27-19-6-4-3-5-7-19)8-13-22(17)28-23(31)15-34-25-29-26-16-30(25)20-9-11-21(33-2)12-10-20/h8-14,16,19H,3-7,15H2,1-2H3,(H,27,32)(H,28,31). The molecule has 2 amide bonds. The number of amides is 2. The second-order valence-electron chi connectivity index (χ2n) is 8.36. The fraction of sp³-hybridized carbons (Fsp3) is 0.360. The Hall–Kier alpha value is -3.33. The number of aromatic nitrogens is 3. The first-order valence-electron chi connectivity index (χ1n) is 11.4. The molecule has 178 valence electrons. The van der Waals surface area contributed by atoms with E-state index >= 15 is 0 Å². The van der Waals surface area contributed by atoms with Crippen LogP contribution in [0.15, 0.2) is 53.9 Å². The van der Waals surface area contributed by atoms with Gasteiger partial charge in [0.05, 0.1) is 12.9 Å². The number of nitrogens with zero attached hydrogens (tertiary/aromatic N) is 3. The van der Waals surface area contributed by atoms with Crippen molar-refractivity contribution in [3.05, 3.63) is 59.9 Å². The summed E-state index contributed by atoms with van der Waals surface area (Å²) in [4.78, 5) is 25.2. The molecule has 1 aromatic heterocycles. The van der Waals surface area contributed by atoms with E-state index in [0.29, 0.717) is 16.4 Å². The fourth-order valence-electron chi connectivity index (χ4n) is 4.02. The monoisotopic (exact) mass is 479 g/mol. The van der Waals surface area contributed by atoms with Gasteiger partial charge in [-0.15, -0.1) is 10.2 Å². The highest BCUT2D eigenvalue weighted by atomic mass is 32.2. The first kappa shape index (κ1) is 23.8. The van der Waals surface area contributed by atoms with E-state index in [1.165, 1.54) is 31.0 Å². The zero-order valence-electron chi connectivity index (χ0n) is 19.4. The quantitative estimate of drug-likeness (QED) is 0.466. The third-order valence-corrected chi connectivity index (χ3v) is 6.85. The minimum Gasteiger partial charge on any atom is -0.497 e. The van der Waals surface area contributed by atoms with Gasteiger partial charge in [-0.2, -0.15) is 0 Å². The van der Waals surface area contributed by atoms with E-state index in [4.69, 9.17) is 4.74 Å². The Morgan fingerprint density at radius 3 is 2.59 bits per heavy atom. The molecule has 2 N–H and O–H groups in total. The highest BCUT2D eigenvalue weighted by Crippen LogP contribution is 2.23. The van der Waals surface area contributed by atoms with Gasteiger partial charge in [-0.1, -0.05) is 31.0 Å². The number of anilines is 1. The maximum Gasteiger partial charge on any atom is 0.251 e. The van der Waals surface area contributed by atoms with Gasteiger partial charge in [0.25, 0.3) is 5.91 Å². The number of hydrogen-bond donors (Lipinski definition) is 2. The minimum absolute atomic E-state index is 0.0544. The van der Waals surface area contributed by atoms with Gasteiger partial charge < -0.3 is 15.4 Å². The Balaban J connectivity index is 1.33. The molecular weight excluding hydrogens is 450 g/mol. The van der Waals surface area contributed by atoms with Gasteiger partial charge in [0.2, 0.25) is 5.91 Å². The number of rotatable bonds is 8. The molecule has 1 aliphatic rings. The third kappa shape index (κ3) is 5.96. The van der Waals surface area contributed by atoms with Crippen molar-refractivity contribution in [1.82, 2.24) is 20.1 Å². The summed E-state index contributed by atoms with van der Waals surface area (Å²) in [5.41, 5.74) is 3.03. The molecule has 0 spiro atoms. The number of carbonyl (C=O) groups excluding carboxylic acids is 2. The lowest BCUT2D eigenvalue weighted by Crippen LogP contribution is -2.36. The van der Waals surface area contributed by atoms with Crippen molar-refractivity contribution in [1.29, 1.82) is 0 Å². The van der Waals surface area contributed by atoms with Crippen molar-refractivity contribution < 1.29 is 14.3 Å². The molecule has 1 heterocycles. The van der Waals surface area contributed by atoms with Crippen LogP contribution >= 0.6 is 11.8 Å². The lowest BCUT2D eigenvalue weighted by atomic mass is 9.95. The number of thioether (sulfide) groups is 1. The normalized spacial score (nSPS) is 13.9. The molecule has 1 saturated carbocycles. The average Bonchev–Trinajstić information content (AvgIpc) is 3.33. The number of aryl methyl sites for hydroxylation is 1. The fourth-order valence-corrected chi connectivity index (χ4v) is 4.75. The summed E-state index contributed by atoms with van der Waals surface area (Å²) in [5, 5.41) is 14.8. The van der Waals surface area contributed by atoms with Crippen LogP contribution in [0.4, 0.5) is 5.69 Å². The summed E-state index contributed by atoms with van der Waals surface area (Å²) in [7, 11) is 1.62. The molecule has 0 atom stereocenters. The summed E-state index contributed by atoms with van der Waals surface area (Å²) in [6.45, 7) is 1.89. The maximum absolute atomic E-state index is 12.6. The second-order valence-corrected chi connectivity index (χ2v) is 9.30. The van der Waals surface area contributed by atoms with Crippen LogP contribution in [0, 0.1) is 6.92 Å². The van der Waals surface area contributed by atoms with Crippen molar-refractivity contribution >= 4 is 29.3 Å². The van der Waals surface area contributed by atoms with Crippen LogP contribution in [0.1, 0.15) is 48.0 Å². The molecule has 0 saturated heterocycles. The molecule has 9 heteroatoms. The molecule has 0 aliphatic heterocycles. The van der Waals surface area contributed by atoms with Crippen molar-refractivity contribution in [2.75, 3.05) is 18.2 Å². The van der Waals surface area contributed by atoms with Crippen molar-refractivity contribution in [3.63, 3.8) is 0 Å². The van der Waals surface area contributed by atoms with Gasteiger partial charge in [-0.25, -0.2) is 0 Å². The van der Waals surface area contributed by atoms with Crippen LogP contribution in [0.25, 0.3) is 5.69 Å². The molecule has 0 unspecified atom stereocenters. The van der Waals surface area contributed by atoms with Gasteiger partial charge in [-0.3, -0.25) is 14.2 Å². The Morgan fingerprint density at radius 1 is 1.12 bits per heavy atom. The van der Waals surface area contributed by atoms with Gasteiger partial charge in [0.1, 0.15) is 12.1 Å². The number of hydrogen-bond acceptors (Lipinski definition) is 6. The van der Waals surface area contributed by atoms with Crippen LogP contribution < -0.4 is 15.4 Å². The van der Waals surface area contributed by atoms with Crippen molar-refractivity contribution in [3.8, 4) is 11.4 Å². The topological polar surface area (TPSA) is 98.1 Å². The second kappa shape index (κ2) is 11.2. The Kier molecular flexibility index (Phi) is 7.84. The van der Waals surface area contributed by atoms with Crippen LogP contribution in [-0.4, -0.2) is 45.5 Å². The maximum atomic E-state index is 12.6. The van der Waals surface area contributed by atoms with Gasteiger partial charge in [0, 0.05) is 23.0 Å². The molecular formula is C25H29N5O3S. The predicted octanol–water partition coefficient (Wildman–Crippen LogP) is 4.38. The van der Waals surface area contributed by atoms with Crippen LogP contribution in [0.2, 0.25) is 0 Å². The van der Waals surface area contributed by atoms with E-state index in [2.05, 4.69) is 20.8 Å². The average molecular weight is 480 g/mol. The van der Waals surface area contributed by atoms with E-state index < -0.39 is 0 Å². The zero-order chi connectivity index (χ0) is 23.9. The number of ether oxygens (including phenoxy) is 1. The number of carbonyl (C=O) groups is 2. The Morgan fingerprint density at radius 2 is 1.88 bits per heavy atom. The van der Waals surface area contributed by atoms with E-state index in [1.807, 2.05) is 41.8 Å². The summed E-state index contributed by atoms with van der Waals surface area (Å²) in [6.07, 6.45) is 7.29. The highest BCUT2D eigenvalue weighted by Gasteiger charge is 2.17. The summed E-state index contributed by atoms with van der Waals surface area (Å²) < 4.78 is 7.02. The highest BCUT2D eigenvalue weighted by molar-refractivity contribution is 7.99.